The molecule has 124 valence electrons. The Morgan fingerprint density at radius 2 is 2.09 bits per heavy atom. The molecule has 1 aliphatic rings. The van der Waals surface area contributed by atoms with Gasteiger partial charge in [0, 0.05) is 39.9 Å². The summed E-state index contributed by atoms with van der Waals surface area (Å²) in [5, 5.41) is 5.78. The van der Waals surface area contributed by atoms with E-state index in [0.717, 1.165) is 30.4 Å². The lowest BCUT2D eigenvalue weighted by Crippen LogP contribution is -2.46. The van der Waals surface area contributed by atoms with Crippen LogP contribution in [-0.2, 0) is 4.74 Å². The van der Waals surface area contributed by atoms with E-state index in [0.29, 0.717) is 12.1 Å². The first-order valence-electron chi connectivity index (χ1n) is 7.72. The number of likely N-dealkylation sites (tertiary alicyclic amines) is 1. The van der Waals surface area contributed by atoms with Crippen molar-refractivity contribution in [2.45, 2.75) is 58.2 Å². The normalized spacial score (nSPS) is 18.3. The maximum atomic E-state index is 12.0. The van der Waals surface area contributed by atoms with E-state index in [1.165, 1.54) is 4.88 Å². The van der Waals surface area contributed by atoms with Crippen molar-refractivity contribution in [3.63, 3.8) is 0 Å². The van der Waals surface area contributed by atoms with Gasteiger partial charge in [-0.2, -0.15) is 0 Å². The van der Waals surface area contributed by atoms with Gasteiger partial charge in [-0.1, -0.05) is 0 Å². The van der Waals surface area contributed by atoms with Crippen LogP contribution in [0, 0.1) is 0 Å². The molecule has 2 heterocycles. The molecule has 22 heavy (non-hydrogen) atoms. The third-order valence-corrected chi connectivity index (χ3v) is 5.52. The number of carbonyl (C=O) groups excluding carboxylic acids is 1. The summed E-state index contributed by atoms with van der Waals surface area (Å²) in [6.45, 7) is 9.42. The molecule has 0 bridgehead atoms. The first-order valence-corrected chi connectivity index (χ1v) is 9.40. The molecular weight excluding hydrogens is 364 g/mol. The quantitative estimate of drug-likeness (QED) is 0.824. The van der Waals surface area contributed by atoms with Crippen molar-refractivity contribution in [2.75, 3.05) is 13.1 Å². The highest BCUT2D eigenvalue weighted by Crippen LogP contribution is 2.26. The zero-order valence-corrected chi connectivity index (χ0v) is 16.1. The number of hydrogen-bond acceptors (Lipinski definition) is 4. The second-order valence-electron chi connectivity index (χ2n) is 6.80. The molecule has 0 spiro atoms. The van der Waals surface area contributed by atoms with Gasteiger partial charge in [0.1, 0.15) is 5.60 Å². The van der Waals surface area contributed by atoms with Crippen molar-refractivity contribution in [1.82, 2.24) is 10.2 Å². The Bertz CT molecular complexity index is 504. The Labute approximate surface area is 145 Å². The number of rotatable bonds is 3. The molecule has 1 aliphatic heterocycles. The fraction of sp³-hybridized carbons (Fsp3) is 0.688. The Hall–Kier alpha value is -0.590. The molecule has 1 aromatic rings. The number of nitrogens with one attached hydrogen (secondary N) is 1. The highest BCUT2D eigenvalue weighted by atomic mass is 79.9. The molecule has 1 unspecified atom stereocenters. The SMILES string of the molecule is CC(NC1CCN(C(=O)OC(C)(C)C)CC1)c1cc(Br)cs1. The van der Waals surface area contributed by atoms with Gasteiger partial charge in [0.25, 0.3) is 0 Å². The first kappa shape index (κ1) is 17.8. The van der Waals surface area contributed by atoms with Crippen LogP contribution in [0.1, 0.15) is 51.5 Å². The van der Waals surface area contributed by atoms with Crippen LogP contribution in [0.2, 0.25) is 0 Å². The summed E-state index contributed by atoms with van der Waals surface area (Å²) in [6, 6.07) is 2.96. The van der Waals surface area contributed by atoms with E-state index in [-0.39, 0.29) is 6.09 Å². The molecule has 1 fully saturated rings. The highest BCUT2D eigenvalue weighted by molar-refractivity contribution is 9.10. The second kappa shape index (κ2) is 7.32. The van der Waals surface area contributed by atoms with Gasteiger partial charge < -0.3 is 15.0 Å². The number of carbonyl (C=O) groups is 1. The minimum Gasteiger partial charge on any atom is -0.444 e. The Balaban J connectivity index is 1.78. The van der Waals surface area contributed by atoms with Gasteiger partial charge in [-0.15, -0.1) is 11.3 Å². The van der Waals surface area contributed by atoms with Crippen molar-refractivity contribution in [3.05, 3.63) is 20.8 Å². The summed E-state index contributed by atoms with van der Waals surface area (Å²) >= 11 is 5.26. The lowest BCUT2D eigenvalue weighted by atomic mass is 10.0. The molecule has 0 saturated carbocycles. The number of amides is 1. The van der Waals surface area contributed by atoms with E-state index in [4.69, 9.17) is 4.74 Å². The van der Waals surface area contributed by atoms with Crippen LogP contribution in [0.5, 0.6) is 0 Å². The van der Waals surface area contributed by atoms with E-state index >= 15 is 0 Å². The average Bonchev–Trinajstić information content (AvgIpc) is 2.84. The lowest BCUT2D eigenvalue weighted by molar-refractivity contribution is 0.0196. The first-order chi connectivity index (χ1) is 10.2. The molecule has 0 aliphatic carbocycles. The summed E-state index contributed by atoms with van der Waals surface area (Å²) < 4.78 is 6.57. The number of piperidine rings is 1. The standard InChI is InChI=1S/C16H25BrN2O2S/c1-11(14-9-12(17)10-22-14)18-13-5-7-19(8-6-13)15(20)21-16(2,3)4/h9-11,13,18H,5-8H2,1-4H3. The lowest BCUT2D eigenvalue weighted by Gasteiger charge is -2.34. The molecule has 0 radical (unpaired) electrons. The van der Waals surface area contributed by atoms with Gasteiger partial charge in [-0.3, -0.25) is 0 Å². The molecule has 1 atom stereocenters. The summed E-state index contributed by atoms with van der Waals surface area (Å²) in [7, 11) is 0. The zero-order valence-electron chi connectivity index (χ0n) is 13.7. The fourth-order valence-electron chi connectivity index (χ4n) is 2.55. The minimum atomic E-state index is -0.423. The summed E-state index contributed by atoms with van der Waals surface area (Å²) in [6.07, 6.45) is 1.74. The molecule has 2 rings (SSSR count). The molecule has 1 saturated heterocycles. The van der Waals surface area contributed by atoms with Gasteiger partial charge >= 0.3 is 6.09 Å². The molecule has 0 aromatic carbocycles. The third kappa shape index (κ3) is 5.25. The molecule has 4 nitrogen and oxygen atoms in total. The van der Waals surface area contributed by atoms with Crippen molar-refractivity contribution >= 4 is 33.4 Å². The monoisotopic (exact) mass is 388 g/mol. The number of thiophene rings is 1. The number of halogens is 1. The van der Waals surface area contributed by atoms with Crippen LogP contribution in [0.3, 0.4) is 0 Å². The second-order valence-corrected chi connectivity index (χ2v) is 8.66. The van der Waals surface area contributed by atoms with Crippen molar-refractivity contribution in [2.24, 2.45) is 0 Å². The van der Waals surface area contributed by atoms with Gasteiger partial charge in [-0.05, 0) is 62.5 Å². The van der Waals surface area contributed by atoms with Crippen molar-refractivity contribution < 1.29 is 9.53 Å². The van der Waals surface area contributed by atoms with E-state index in [2.05, 4.69) is 39.6 Å². The Morgan fingerprint density at radius 1 is 1.45 bits per heavy atom. The van der Waals surface area contributed by atoms with Gasteiger partial charge in [0.2, 0.25) is 0 Å². The zero-order chi connectivity index (χ0) is 16.3. The number of hydrogen-bond donors (Lipinski definition) is 1. The summed E-state index contributed by atoms with van der Waals surface area (Å²) in [5.74, 6) is 0. The van der Waals surface area contributed by atoms with E-state index in [1.54, 1.807) is 11.3 Å². The van der Waals surface area contributed by atoms with Crippen LogP contribution in [0.15, 0.2) is 15.9 Å². The fourth-order valence-corrected chi connectivity index (χ4v) is 4.01. The van der Waals surface area contributed by atoms with Gasteiger partial charge in [-0.25, -0.2) is 4.79 Å². The summed E-state index contributed by atoms with van der Waals surface area (Å²) in [5.41, 5.74) is -0.423. The molecule has 1 N–H and O–H groups in total. The molecule has 1 aromatic heterocycles. The molecule has 6 heteroatoms. The predicted molar refractivity (Wildman–Crippen MR) is 94.4 cm³/mol. The highest BCUT2D eigenvalue weighted by Gasteiger charge is 2.27. The van der Waals surface area contributed by atoms with Crippen molar-refractivity contribution in [3.8, 4) is 0 Å². The van der Waals surface area contributed by atoms with Crippen LogP contribution < -0.4 is 5.32 Å². The maximum Gasteiger partial charge on any atom is 0.410 e. The maximum absolute atomic E-state index is 12.0. The number of nitrogens with zero attached hydrogens (tertiary/aromatic N) is 1. The van der Waals surface area contributed by atoms with Gasteiger partial charge in [0.15, 0.2) is 0 Å². The summed E-state index contributed by atoms with van der Waals surface area (Å²) in [4.78, 5) is 15.2. The number of ether oxygens (including phenoxy) is 1. The third-order valence-electron chi connectivity index (χ3n) is 3.65. The predicted octanol–water partition coefficient (Wildman–Crippen LogP) is 4.56. The van der Waals surface area contributed by atoms with Crippen molar-refractivity contribution in [1.29, 1.82) is 0 Å². The van der Waals surface area contributed by atoms with Crippen LogP contribution in [-0.4, -0.2) is 35.7 Å². The van der Waals surface area contributed by atoms with Crippen LogP contribution in [0.25, 0.3) is 0 Å². The smallest absolute Gasteiger partial charge is 0.410 e. The topological polar surface area (TPSA) is 41.6 Å². The Kier molecular flexibility index (Phi) is 5.91. The van der Waals surface area contributed by atoms with Crippen LogP contribution >= 0.6 is 27.3 Å². The Morgan fingerprint density at radius 3 is 2.59 bits per heavy atom. The van der Waals surface area contributed by atoms with E-state index in [1.807, 2.05) is 25.7 Å². The average molecular weight is 389 g/mol. The van der Waals surface area contributed by atoms with E-state index in [9.17, 15) is 4.79 Å². The van der Waals surface area contributed by atoms with E-state index < -0.39 is 5.60 Å². The molecular formula is C16H25BrN2O2S. The minimum absolute atomic E-state index is 0.193. The largest absolute Gasteiger partial charge is 0.444 e. The molecule has 1 amide bonds. The van der Waals surface area contributed by atoms with Crippen LogP contribution in [0.4, 0.5) is 4.79 Å². The van der Waals surface area contributed by atoms with Gasteiger partial charge in [0.05, 0.1) is 0 Å².